The fourth-order valence-electron chi connectivity index (χ4n) is 1.97. The second kappa shape index (κ2) is 6.71. The number of halogens is 1. The second-order valence-electron chi connectivity index (χ2n) is 4.57. The van der Waals surface area contributed by atoms with E-state index in [9.17, 15) is 0 Å². The smallest absolute Gasteiger partial charge is 0.233 e. The van der Waals surface area contributed by atoms with E-state index < -0.39 is 0 Å². The maximum absolute atomic E-state index is 5.79. The third-order valence-electron chi connectivity index (χ3n) is 3.12. The van der Waals surface area contributed by atoms with E-state index in [1.807, 2.05) is 30.0 Å². The highest BCUT2D eigenvalue weighted by atomic mass is 79.9. The first-order chi connectivity index (χ1) is 10.0. The lowest BCUT2D eigenvalue weighted by molar-refractivity contribution is 0.816. The normalized spacial score (nSPS) is 10.5. The quantitative estimate of drug-likeness (QED) is 0.862. The number of hydrogen-bond acceptors (Lipinski definition) is 6. The lowest BCUT2D eigenvalue weighted by Crippen LogP contribution is -2.25. The molecule has 0 saturated heterocycles. The highest BCUT2D eigenvalue weighted by Gasteiger charge is 2.10. The number of aryl methyl sites for hydroxylation is 1. The molecule has 0 fully saturated rings. The molecule has 0 spiro atoms. The Morgan fingerprint density at radius 2 is 1.90 bits per heavy atom. The Bertz CT molecular complexity index is 627. The van der Waals surface area contributed by atoms with Gasteiger partial charge in [-0.2, -0.15) is 15.0 Å². The van der Waals surface area contributed by atoms with Crippen molar-refractivity contribution in [3.63, 3.8) is 0 Å². The Morgan fingerprint density at radius 1 is 1.19 bits per heavy atom. The standard InChI is InChI=1S/C14H19BrN6/c1-4-21(5-2)14-19-12(16)18-13(20-14)17-11-7-6-10(15)8-9(11)3/h6-8H,4-5H2,1-3H3,(H3,16,17,18,19,20). The Balaban J connectivity index is 2.31. The number of nitrogens with two attached hydrogens (primary N) is 1. The summed E-state index contributed by atoms with van der Waals surface area (Å²) in [5, 5.41) is 3.19. The minimum Gasteiger partial charge on any atom is -0.368 e. The van der Waals surface area contributed by atoms with Gasteiger partial charge in [0.1, 0.15) is 0 Å². The zero-order valence-corrected chi connectivity index (χ0v) is 14.0. The van der Waals surface area contributed by atoms with Gasteiger partial charge in [-0.25, -0.2) is 0 Å². The maximum atomic E-state index is 5.79. The van der Waals surface area contributed by atoms with Crippen LogP contribution in [-0.2, 0) is 0 Å². The Kier molecular flexibility index (Phi) is 4.95. The van der Waals surface area contributed by atoms with E-state index in [1.165, 1.54) is 0 Å². The molecule has 0 aliphatic heterocycles. The highest BCUT2D eigenvalue weighted by Crippen LogP contribution is 2.23. The predicted molar refractivity (Wildman–Crippen MR) is 90.0 cm³/mol. The van der Waals surface area contributed by atoms with Gasteiger partial charge in [0, 0.05) is 23.2 Å². The van der Waals surface area contributed by atoms with Crippen molar-refractivity contribution < 1.29 is 0 Å². The van der Waals surface area contributed by atoms with E-state index in [2.05, 4.69) is 50.0 Å². The fraction of sp³-hybridized carbons (Fsp3) is 0.357. The average Bonchev–Trinajstić information content (AvgIpc) is 2.43. The molecule has 6 nitrogen and oxygen atoms in total. The molecule has 112 valence electrons. The molecule has 2 rings (SSSR count). The van der Waals surface area contributed by atoms with Crippen molar-refractivity contribution in [1.82, 2.24) is 15.0 Å². The average molecular weight is 351 g/mol. The van der Waals surface area contributed by atoms with E-state index in [0.29, 0.717) is 11.9 Å². The van der Waals surface area contributed by atoms with Crippen LogP contribution in [0.2, 0.25) is 0 Å². The first kappa shape index (κ1) is 15.5. The van der Waals surface area contributed by atoms with Crippen molar-refractivity contribution in [2.45, 2.75) is 20.8 Å². The molecular weight excluding hydrogens is 332 g/mol. The third-order valence-corrected chi connectivity index (χ3v) is 3.62. The molecule has 0 atom stereocenters. The highest BCUT2D eigenvalue weighted by molar-refractivity contribution is 9.10. The summed E-state index contributed by atoms with van der Waals surface area (Å²) in [5.41, 5.74) is 7.82. The van der Waals surface area contributed by atoms with Crippen molar-refractivity contribution in [2.24, 2.45) is 0 Å². The van der Waals surface area contributed by atoms with Gasteiger partial charge in [0.05, 0.1) is 0 Å². The molecule has 0 aliphatic carbocycles. The van der Waals surface area contributed by atoms with Gasteiger partial charge in [-0.05, 0) is 44.5 Å². The van der Waals surface area contributed by atoms with Gasteiger partial charge in [-0.1, -0.05) is 15.9 Å². The zero-order valence-electron chi connectivity index (χ0n) is 12.4. The van der Waals surface area contributed by atoms with Gasteiger partial charge < -0.3 is 16.0 Å². The molecule has 1 aromatic heterocycles. The van der Waals surface area contributed by atoms with E-state index >= 15 is 0 Å². The summed E-state index contributed by atoms with van der Waals surface area (Å²) >= 11 is 3.45. The molecule has 21 heavy (non-hydrogen) atoms. The van der Waals surface area contributed by atoms with Gasteiger partial charge in [0.2, 0.25) is 17.8 Å². The molecule has 0 bridgehead atoms. The molecule has 0 saturated carbocycles. The van der Waals surface area contributed by atoms with Crippen molar-refractivity contribution in [1.29, 1.82) is 0 Å². The Labute approximate surface area is 132 Å². The number of nitrogen functional groups attached to an aromatic ring is 1. The van der Waals surface area contributed by atoms with Crippen LogP contribution in [0.1, 0.15) is 19.4 Å². The van der Waals surface area contributed by atoms with E-state index in [1.54, 1.807) is 0 Å². The van der Waals surface area contributed by atoms with Crippen LogP contribution in [0.5, 0.6) is 0 Å². The van der Waals surface area contributed by atoms with Crippen LogP contribution >= 0.6 is 15.9 Å². The largest absolute Gasteiger partial charge is 0.368 e. The molecule has 1 aromatic carbocycles. The van der Waals surface area contributed by atoms with E-state index in [4.69, 9.17) is 5.73 Å². The number of aromatic nitrogens is 3. The SMILES string of the molecule is CCN(CC)c1nc(N)nc(Nc2ccc(Br)cc2C)n1. The number of anilines is 4. The topological polar surface area (TPSA) is 80.0 Å². The first-order valence-electron chi connectivity index (χ1n) is 6.83. The number of rotatable bonds is 5. The van der Waals surface area contributed by atoms with Crippen LogP contribution in [0.15, 0.2) is 22.7 Å². The number of benzene rings is 1. The Morgan fingerprint density at radius 3 is 2.52 bits per heavy atom. The summed E-state index contributed by atoms with van der Waals surface area (Å²) in [6, 6.07) is 5.96. The van der Waals surface area contributed by atoms with Crippen LogP contribution < -0.4 is 16.0 Å². The summed E-state index contributed by atoms with van der Waals surface area (Å²) in [7, 11) is 0. The van der Waals surface area contributed by atoms with Gasteiger partial charge in [0.25, 0.3) is 0 Å². The monoisotopic (exact) mass is 350 g/mol. The van der Waals surface area contributed by atoms with E-state index in [0.717, 1.165) is 28.8 Å². The van der Waals surface area contributed by atoms with Crippen molar-refractivity contribution in [2.75, 3.05) is 29.0 Å². The minimum absolute atomic E-state index is 0.212. The molecule has 7 heteroatoms. The van der Waals surface area contributed by atoms with Crippen LogP contribution in [0.25, 0.3) is 0 Å². The summed E-state index contributed by atoms with van der Waals surface area (Å²) in [6.45, 7) is 7.75. The third kappa shape index (κ3) is 3.81. The minimum atomic E-state index is 0.212. The molecule has 0 radical (unpaired) electrons. The van der Waals surface area contributed by atoms with Crippen LogP contribution in [-0.4, -0.2) is 28.0 Å². The first-order valence-corrected chi connectivity index (χ1v) is 7.62. The van der Waals surface area contributed by atoms with Gasteiger partial charge in [0.15, 0.2) is 0 Å². The second-order valence-corrected chi connectivity index (χ2v) is 5.49. The summed E-state index contributed by atoms with van der Waals surface area (Å²) in [4.78, 5) is 14.8. The van der Waals surface area contributed by atoms with Gasteiger partial charge >= 0.3 is 0 Å². The van der Waals surface area contributed by atoms with E-state index in [-0.39, 0.29) is 5.95 Å². The lowest BCUT2D eigenvalue weighted by atomic mass is 10.2. The summed E-state index contributed by atoms with van der Waals surface area (Å²) in [6.07, 6.45) is 0. The van der Waals surface area contributed by atoms with Gasteiger partial charge in [-0.3, -0.25) is 0 Å². The summed E-state index contributed by atoms with van der Waals surface area (Å²) < 4.78 is 1.03. The molecule has 0 amide bonds. The predicted octanol–water partition coefficient (Wildman–Crippen LogP) is 3.11. The van der Waals surface area contributed by atoms with Crippen molar-refractivity contribution in [3.05, 3.63) is 28.2 Å². The van der Waals surface area contributed by atoms with Crippen LogP contribution in [0.4, 0.5) is 23.5 Å². The maximum Gasteiger partial charge on any atom is 0.233 e. The van der Waals surface area contributed by atoms with Crippen molar-refractivity contribution in [3.8, 4) is 0 Å². The molecule has 1 heterocycles. The zero-order chi connectivity index (χ0) is 15.4. The molecule has 2 aromatic rings. The number of hydrogen-bond donors (Lipinski definition) is 2. The molecular formula is C14H19BrN6. The van der Waals surface area contributed by atoms with Crippen LogP contribution in [0, 0.1) is 6.92 Å². The van der Waals surface area contributed by atoms with Crippen LogP contribution in [0.3, 0.4) is 0 Å². The summed E-state index contributed by atoms with van der Waals surface area (Å²) in [5.74, 6) is 1.25. The Hall–Kier alpha value is -1.89. The fourth-order valence-corrected chi connectivity index (χ4v) is 2.45. The number of nitrogens with one attached hydrogen (secondary N) is 1. The van der Waals surface area contributed by atoms with Gasteiger partial charge in [-0.15, -0.1) is 0 Å². The lowest BCUT2D eigenvalue weighted by Gasteiger charge is -2.19. The van der Waals surface area contributed by atoms with Crippen molar-refractivity contribution >= 4 is 39.5 Å². The number of nitrogens with zero attached hydrogens (tertiary/aromatic N) is 4. The molecule has 3 N–H and O–H groups in total. The molecule has 0 unspecified atom stereocenters. The molecule has 0 aliphatic rings.